The minimum Gasteiger partial charge on any atom is -0.465 e. The van der Waals surface area contributed by atoms with Crippen LogP contribution in [0.4, 0.5) is 0 Å². The molecule has 2 aliphatic heterocycles. The number of esters is 1. The van der Waals surface area contributed by atoms with Gasteiger partial charge in [-0.1, -0.05) is 12.1 Å². The molecule has 2 aliphatic rings. The molecule has 9 nitrogen and oxygen atoms in total. The Bertz CT molecular complexity index is 923. The Balaban J connectivity index is 1.62. The number of amides is 2. The number of hydrazone groups is 1. The summed E-state index contributed by atoms with van der Waals surface area (Å²) in [5, 5.41) is 8.03. The van der Waals surface area contributed by atoms with Crippen molar-refractivity contribution in [1.29, 1.82) is 0 Å². The summed E-state index contributed by atoms with van der Waals surface area (Å²) in [6, 6.07) is 6.10. The number of carbonyl (C=O) groups is 3. The van der Waals surface area contributed by atoms with Crippen LogP contribution in [-0.4, -0.2) is 61.6 Å². The molecule has 0 spiro atoms. The predicted octanol–water partition coefficient (Wildman–Crippen LogP) is 0.255. The number of ether oxygens (including phenoxy) is 1. The molecule has 0 radical (unpaired) electrons. The van der Waals surface area contributed by atoms with Crippen LogP contribution in [0.5, 0.6) is 0 Å². The number of hydrogen-bond acceptors (Lipinski definition) is 7. The van der Waals surface area contributed by atoms with Crippen molar-refractivity contribution in [2.75, 3.05) is 18.6 Å². The van der Waals surface area contributed by atoms with E-state index in [9.17, 15) is 22.8 Å². The highest BCUT2D eigenvalue weighted by Crippen LogP contribution is 2.22. The minimum atomic E-state index is -3.16. The van der Waals surface area contributed by atoms with Gasteiger partial charge < -0.3 is 10.1 Å². The van der Waals surface area contributed by atoms with E-state index < -0.39 is 27.8 Å². The van der Waals surface area contributed by atoms with Gasteiger partial charge in [0.25, 0.3) is 5.91 Å². The van der Waals surface area contributed by atoms with Gasteiger partial charge in [-0.3, -0.25) is 9.59 Å². The zero-order valence-corrected chi connectivity index (χ0v) is 16.2. The van der Waals surface area contributed by atoms with Crippen LogP contribution in [0.25, 0.3) is 0 Å². The van der Waals surface area contributed by atoms with E-state index in [2.05, 4.69) is 15.2 Å². The van der Waals surface area contributed by atoms with Gasteiger partial charge >= 0.3 is 5.97 Å². The fourth-order valence-corrected chi connectivity index (χ4v) is 4.84. The first-order chi connectivity index (χ1) is 13.3. The Labute approximate surface area is 162 Å². The first-order valence-corrected chi connectivity index (χ1v) is 10.7. The van der Waals surface area contributed by atoms with Gasteiger partial charge in [-0.25, -0.2) is 18.2 Å². The highest BCUT2D eigenvalue weighted by Gasteiger charge is 2.37. The molecule has 1 atom stereocenters. The SMILES string of the molecule is COC(=O)c1ccc(CNC(=O)C2=NN(C3CCS(=O)(=O)C3)C(=O)CC2)cc1. The van der Waals surface area contributed by atoms with E-state index in [1.807, 2.05) is 0 Å². The smallest absolute Gasteiger partial charge is 0.337 e. The van der Waals surface area contributed by atoms with Gasteiger partial charge in [0.1, 0.15) is 5.71 Å². The number of nitrogens with zero attached hydrogens (tertiary/aromatic N) is 2. The van der Waals surface area contributed by atoms with E-state index in [0.29, 0.717) is 12.0 Å². The van der Waals surface area contributed by atoms with Crippen LogP contribution in [0.1, 0.15) is 35.2 Å². The normalized spacial score (nSPS) is 21.2. The lowest BCUT2D eigenvalue weighted by atomic mass is 10.1. The number of methoxy groups -OCH3 is 1. The van der Waals surface area contributed by atoms with Gasteiger partial charge in [0.15, 0.2) is 9.84 Å². The van der Waals surface area contributed by atoms with Gasteiger partial charge in [0, 0.05) is 19.4 Å². The zero-order valence-electron chi connectivity index (χ0n) is 15.4. The highest BCUT2D eigenvalue weighted by molar-refractivity contribution is 7.91. The predicted molar refractivity (Wildman–Crippen MR) is 100 cm³/mol. The Morgan fingerprint density at radius 2 is 1.96 bits per heavy atom. The molecule has 1 unspecified atom stereocenters. The molecule has 28 heavy (non-hydrogen) atoms. The Hall–Kier alpha value is -2.75. The van der Waals surface area contributed by atoms with Gasteiger partial charge in [0.05, 0.1) is 30.2 Å². The first-order valence-electron chi connectivity index (χ1n) is 8.84. The van der Waals surface area contributed by atoms with Crippen molar-refractivity contribution in [1.82, 2.24) is 10.3 Å². The molecule has 1 aromatic carbocycles. The van der Waals surface area contributed by atoms with Crippen LogP contribution in [-0.2, 0) is 30.7 Å². The van der Waals surface area contributed by atoms with Crippen molar-refractivity contribution in [3.05, 3.63) is 35.4 Å². The molecule has 1 N–H and O–H groups in total. The van der Waals surface area contributed by atoms with Crippen molar-refractivity contribution in [2.45, 2.75) is 31.8 Å². The monoisotopic (exact) mass is 407 g/mol. The molecule has 1 aromatic rings. The lowest BCUT2D eigenvalue weighted by Gasteiger charge is -2.27. The highest BCUT2D eigenvalue weighted by atomic mass is 32.2. The second-order valence-corrected chi connectivity index (χ2v) is 8.94. The molecule has 3 rings (SSSR count). The van der Waals surface area contributed by atoms with Crippen molar-refractivity contribution in [3.63, 3.8) is 0 Å². The van der Waals surface area contributed by atoms with Crippen molar-refractivity contribution >= 4 is 33.3 Å². The third kappa shape index (κ3) is 4.56. The van der Waals surface area contributed by atoms with Crippen LogP contribution in [0.3, 0.4) is 0 Å². The van der Waals surface area contributed by atoms with E-state index in [-0.39, 0.29) is 42.5 Å². The standard InChI is InChI=1S/C18H21N3O6S/c1-27-18(24)13-4-2-12(3-5-13)10-19-17(23)15-6-7-16(22)21(20-15)14-8-9-28(25,26)11-14/h2-5,14H,6-11H2,1H3,(H,19,23). The minimum absolute atomic E-state index is 0.0278. The van der Waals surface area contributed by atoms with E-state index in [4.69, 9.17) is 0 Å². The quantitative estimate of drug-likeness (QED) is 0.699. The average Bonchev–Trinajstić information content (AvgIpc) is 3.05. The van der Waals surface area contributed by atoms with Crippen molar-refractivity contribution < 1.29 is 27.5 Å². The second kappa shape index (κ2) is 8.09. The van der Waals surface area contributed by atoms with Gasteiger partial charge in [-0.05, 0) is 24.1 Å². The molecule has 10 heteroatoms. The summed E-state index contributed by atoms with van der Waals surface area (Å²) in [5.74, 6) is -1.21. The van der Waals surface area contributed by atoms with E-state index in [0.717, 1.165) is 10.6 Å². The lowest BCUT2D eigenvalue weighted by molar-refractivity contribution is -0.133. The molecular weight excluding hydrogens is 386 g/mol. The third-order valence-electron chi connectivity index (χ3n) is 4.70. The number of hydrogen-bond donors (Lipinski definition) is 1. The first kappa shape index (κ1) is 20.0. The van der Waals surface area contributed by atoms with Gasteiger partial charge in [-0.2, -0.15) is 5.10 Å². The van der Waals surface area contributed by atoms with Crippen LogP contribution in [0.2, 0.25) is 0 Å². The second-order valence-electron chi connectivity index (χ2n) is 6.71. The summed E-state index contributed by atoms with van der Waals surface area (Å²) in [7, 11) is -1.86. The summed E-state index contributed by atoms with van der Waals surface area (Å²) >= 11 is 0. The number of carbonyl (C=O) groups excluding carboxylic acids is 3. The molecule has 0 aromatic heterocycles. The van der Waals surface area contributed by atoms with Crippen LogP contribution < -0.4 is 5.32 Å². The van der Waals surface area contributed by atoms with Crippen LogP contribution in [0, 0.1) is 0 Å². The Morgan fingerprint density at radius 3 is 2.57 bits per heavy atom. The van der Waals surface area contributed by atoms with E-state index in [1.165, 1.54) is 7.11 Å². The summed E-state index contributed by atoms with van der Waals surface area (Å²) in [6.45, 7) is 0.227. The molecule has 0 aliphatic carbocycles. The van der Waals surface area contributed by atoms with Gasteiger partial charge in [0.2, 0.25) is 5.91 Å². The van der Waals surface area contributed by atoms with Crippen LogP contribution >= 0.6 is 0 Å². The third-order valence-corrected chi connectivity index (χ3v) is 6.45. The summed E-state index contributed by atoms with van der Waals surface area (Å²) < 4.78 is 27.9. The lowest BCUT2D eigenvalue weighted by Crippen LogP contribution is -2.43. The topological polar surface area (TPSA) is 122 Å². The Kier molecular flexibility index (Phi) is 5.78. The molecule has 150 valence electrons. The zero-order chi connectivity index (χ0) is 20.3. The fraction of sp³-hybridized carbons (Fsp3) is 0.444. The maximum Gasteiger partial charge on any atom is 0.337 e. The average molecular weight is 407 g/mol. The Morgan fingerprint density at radius 1 is 1.25 bits per heavy atom. The number of rotatable bonds is 5. The summed E-state index contributed by atoms with van der Waals surface area (Å²) in [4.78, 5) is 35.9. The van der Waals surface area contributed by atoms with Crippen molar-refractivity contribution in [3.8, 4) is 0 Å². The number of nitrogens with one attached hydrogen (secondary N) is 1. The fourth-order valence-electron chi connectivity index (χ4n) is 3.15. The maximum absolute atomic E-state index is 12.4. The molecule has 1 fully saturated rings. The number of sulfone groups is 1. The number of benzene rings is 1. The van der Waals surface area contributed by atoms with Crippen molar-refractivity contribution in [2.24, 2.45) is 5.10 Å². The van der Waals surface area contributed by atoms with Crippen LogP contribution in [0.15, 0.2) is 29.4 Å². The molecular formula is C18H21N3O6S. The molecule has 2 heterocycles. The van der Waals surface area contributed by atoms with E-state index in [1.54, 1.807) is 24.3 Å². The molecule has 1 saturated heterocycles. The summed E-state index contributed by atoms with van der Waals surface area (Å²) in [6.07, 6.45) is 0.664. The molecule has 2 amide bonds. The molecule has 0 saturated carbocycles. The van der Waals surface area contributed by atoms with E-state index >= 15 is 0 Å². The maximum atomic E-state index is 12.4. The van der Waals surface area contributed by atoms with Gasteiger partial charge in [-0.15, -0.1) is 0 Å². The molecule has 0 bridgehead atoms. The summed E-state index contributed by atoms with van der Waals surface area (Å²) in [5.41, 5.74) is 1.40. The largest absolute Gasteiger partial charge is 0.465 e.